The molecule has 0 unspecified atom stereocenters. The second-order valence-electron chi connectivity index (χ2n) is 5.29. The van der Waals surface area contributed by atoms with Crippen LogP contribution in [-0.4, -0.2) is 32.1 Å². The van der Waals surface area contributed by atoms with Gasteiger partial charge in [0.2, 0.25) is 5.91 Å². The molecule has 0 atom stereocenters. The highest BCUT2D eigenvalue weighted by atomic mass is 79.9. The van der Waals surface area contributed by atoms with E-state index in [1.807, 2.05) is 0 Å². The second-order valence-corrected chi connectivity index (χ2v) is 6.64. The third kappa shape index (κ3) is 6.33. The molecule has 2 aromatic carbocycles. The van der Waals surface area contributed by atoms with Gasteiger partial charge in [0, 0.05) is 16.6 Å². The van der Waals surface area contributed by atoms with Crippen LogP contribution in [0.2, 0.25) is 5.02 Å². The first-order valence-electron chi connectivity index (χ1n) is 7.74. The fraction of sp³-hybridized carbons (Fsp3) is 0.222. The van der Waals surface area contributed by atoms with Gasteiger partial charge in [-0.2, -0.15) is 0 Å². The Balaban J connectivity index is 1.95. The van der Waals surface area contributed by atoms with Crippen molar-refractivity contribution in [2.45, 2.75) is 6.42 Å². The number of carbonyl (C=O) groups excluding carboxylic acids is 2. The number of rotatable bonds is 7. The Hall–Kier alpha value is -2.09. The molecule has 2 aromatic rings. The maximum absolute atomic E-state index is 12.4. The Bertz CT molecular complexity index is 768. The fourth-order valence-corrected chi connectivity index (χ4v) is 2.55. The monoisotopic (exact) mass is 440 g/mol. The predicted molar refractivity (Wildman–Crippen MR) is 102 cm³/mol. The van der Waals surface area contributed by atoms with E-state index < -0.39 is 5.91 Å². The summed E-state index contributed by atoms with van der Waals surface area (Å²) < 4.78 is 11.2. The Morgan fingerprint density at radius 1 is 1.08 bits per heavy atom. The smallest absolute Gasteiger partial charge is 0.273 e. The highest BCUT2D eigenvalue weighted by Crippen LogP contribution is 2.23. The molecule has 0 fully saturated rings. The van der Waals surface area contributed by atoms with Crippen LogP contribution in [0.15, 0.2) is 46.9 Å². The molecule has 0 saturated carbocycles. The lowest BCUT2D eigenvalue weighted by Gasteiger charge is -2.12. The number of hydrogen-bond donors (Lipinski definition) is 2. The first kappa shape index (κ1) is 20.2. The second kappa shape index (κ2) is 10.2. The van der Waals surface area contributed by atoms with Crippen molar-refractivity contribution >= 4 is 39.3 Å². The number of hydrogen-bond acceptors (Lipinski definition) is 4. The number of methoxy groups -OCH3 is 1. The van der Waals surface area contributed by atoms with E-state index in [2.05, 4.69) is 26.8 Å². The molecule has 2 N–H and O–H groups in total. The molecule has 0 aliphatic heterocycles. The summed E-state index contributed by atoms with van der Waals surface area (Å²) in [5, 5.41) is 0.595. The van der Waals surface area contributed by atoms with E-state index in [4.69, 9.17) is 21.1 Å². The van der Waals surface area contributed by atoms with Crippen molar-refractivity contribution in [3.8, 4) is 5.75 Å². The Kier molecular flexibility index (Phi) is 7.90. The molecule has 2 amide bonds. The molecular weight excluding hydrogens is 424 g/mol. The molecule has 2 rings (SSSR count). The summed E-state index contributed by atoms with van der Waals surface area (Å²) in [5.74, 6) is -0.435. The molecule has 0 aliphatic carbocycles. The minimum atomic E-state index is -0.483. The summed E-state index contributed by atoms with van der Waals surface area (Å²) in [4.78, 5) is 24.4. The zero-order chi connectivity index (χ0) is 18.9. The van der Waals surface area contributed by atoms with Gasteiger partial charge in [-0.3, -0.25) is 20.4 Å². The molecule has 0 heterocycles. The lowest BCUT2D eigenvalue weighted by atomic mass is 10.1. The van der Waals surface area contributed by atoms with Crippen LogP contribution in [0.4, 0.5) is 0 Å². The molecule has 138 valence electrons. The maximum Gasteiger partial charge on any atom is 0.273 e. The van der Waals surface area contributed by atoms with Crippen LogP contribution >= 0.6 is 27.5 Å². The van der Waals surface area contributed by atoms with Crippen molar-refractivity contribution < 1.29 is 19.1 Å². The maximum atomic E-state index is 12.4. The van der Waals surface area contributed by atoms with Gasteiger partial charge < -0.3 is 9.47 Å². The number of halogens is 2. The zero-order valence-electron chi connectivity index (χ0n) is 14.1. The Morgan fingerprint density at radius 3 is 2.50 bits per heavy atom. The molecule has 0 bridgehead atoms. The summed E-state index contributed by atoms with van der Waals surface area (Å²) in [7, 11) is 1.56. The number of nitrogens with one attached hydrogen (secondary N) is 2. The SMILES string of the molecule is COCCOc1ccc(Br)cc1C(=O)NNC(=O)Cc1ccc(Cl)cc1. The number of ether oxygens (including phenoxy) is 2. The number of amides is 2. The van der Waals surface area contributed by atoms with Gasteiger partial charge in [-0.1, -0.05) is 39.7 Å². The summed E-state index contributed by atoms with van der Waals surface area (Å²) in [6.07, 6.45) is 0.118. The highest BCUT2D eigenvalue weighted by Gasteiger charge is 2.14. The van der Waals surface area contributed by atoms with Gasteiger partial charge in [0.25, 0.3) is 5.91 Å². The molecule has 0 spiro atoms. The first-order chi connectivity index (χ1) is 12.5. The van der Waals surface area contributed by atoms with Crippen LogP contribution < -0.4 is 15.6 Å². The lowest BCUT2D eigenvalue weighted by molar-refractivity contribution is -0.121. The summed E-state index contributed by atoms with van der Waals surface area (Å²) >= 11 is 9.13. The van der Waals surface area contributed by atoms with Crippen molar-refractivity contribution in [1.29, 1.82) is 0 Å². The minimum absolute atomic E-state index is 0.118. The van der Waals surface area contributed by atoms with Crippen LogP contribution in [0.25, 0.3) is 0 Å². The van der Waals surface area contributed by atoms with E-state index in [-0.39, 0.29) is 12.3 Å². The van der Waals surface area contributed by atoms with Crippen LogP contribution in [0.5, 0.6) is 5.75 Å². The Morgan fingerprint density at radius 2 is 1.81 bits per heavy atom. The van der Waals surface area contributed by atoms with Crippen molar-refractivity contribution in [2.24, 2.45) is 0 Å². The van der Waals surface area contributed by atoms with E-state index in [0.717, 1.165) is 5.56 Å². The van der Waals surface area contributed by atoms with Crippen LogP contribution in [0.3, 0.4) is 0 Å². The molecular formula is C18H18BrClN2O4. The molecule has 0 radical (unpaired) electrons. The summed E-state index contributed by atoms with van der Waals surface area (Å²) in [6.45, 7) is 0.705. The van der Waals surface area contributed by atoms with Crippen molar-refractivity contribution in [2.75, 3.05) is 20.3 Å². The van der Waals surface area contributed by atoms with Gasteiger partial charge in [0.1, 0.15) is 12.4 Å². The average Bonchev–Trinajstić information content (AvgIpc) is 2.63. The van der Waals surface area contributed by atoms with Crippen molar-refractivity contribution in [3.05, 3.63) is 63.1 Å². The lowest BCUT2D eigenvalue weighted by Crippen LogP contribution is -2.42. The van der Waals surface area contributed by atoms with Gasteiger partial charge in [0.05, 0.1) is 18.6 Å². The third-order valence-electron chi connectivity index (χ3n) is 3.32. The summed E-state index contributed by atoms with van der Waals surface area (Å²) in [5.41, 5.74) is 5.86. The van der Waals surface area contributed by atoms with Crippen LogP contribution in [-0.2, 0) is 16.0 Å². The number of benzene rings is 2. The van der Waals surface area contributed by atoms with Gasteiger partial charge >= 0.3 is 0 Å². The fourth-order valence-electron chi connectivity index (χ4n) is 2.07. The summed E-state index contributed by atoms with van der Waals surface area (Å²) in [6, 6.07) is 12.0. The standard InChI is InChI=1S/C18H18BrClN2O4/c1-25-8-9-26-16-7-4-13(19)11-15(16)18(24)22-21-17(23)10-12-2-5-14(20)6-3-12/h2-7,11H,8-10H2,1H3,(H,21,23)(H,22,24). The molecule has 0 saturated heterocycles. The van der Waals surface area contributed by atoms with Gasteiger partial charge in [0.15, 0.2) is 0 Å². The van der Waals surface area contributed by atoms with E-state index in [1.54, 1.807) is 49.6 Å². The van der Waals surface area contributed by atoms with E-state index in [9.17, 15) is 9.59 Å². The van der Waals surface area contributed by atoms with Crippen molar-refractivity contribution in [3.63, 3.8) is 0 Å². The van der Waals surface area contributed by atoms with Gasteiger partial charge in [-0.05, 0) is 35.9 Å². The molecule has 8 heteroatoms. The highest BCUT2D eigenvalue weighted by molar-refractivity contribution is 9.10. The average molecular weight is 442 g/mol. The molecule has 0 aromatic heterocycles. The van der Waals surface area contributed by atoms with E-state index >= 15 is 0 Å². The topological polar surface area (TPSA) is 76.7 Å². The number of hydrazine groups is 1. The minimum Gasteiger partial charge on any atom is -0.490 e. The zero-order valence-corrected chi connectivity index (χ0v) is 16.4. The number of carbonyl (C=O) groups is 2. The van der Waals surface area contributed by atoms with Crippen LogP contribution in [0.1, 0.15) is 15.9 Å². The first-order valence-corrected chi connectivity index (χ1v) is 8.91. The predicted octanol–water partition coefficient (Wildman–Crippen LogP) is 3.13. The van der Waals surface area contributed by atoms with E-state index in [0.29, 0.717) is 34.0 Å². The van der Waals surface area contributed by atoms with Gasteiger partial charge in [-0.25, -0.2) is 0 Å². The molecule has 26 heavy (non-hydrogen) atoms. The molecule has 0 aliphatic rings. The molecule has 6 nitrogen and oxygen atoms in total. The normalized spacial score (nSPS) is 10.3. The van der Waals surface area contributed by atoms with Gasteiger partial charge in [-0.15, -0.1) is 0 Å². The quantitative estimate of drug-likeness (QED) is 0.511. The van der Waals surface area contributed by atoms with Crippen molar-refractivity contribution in [1.82, 2.24) is 10.9 Å². The van der Waals surface area contributed by atoms with Crippen LogP contribution in [0, 0.1) is 0 Å². The Labute approximate surface area is 164 Å². The largest absolute Gasteiger partial charge is 0.490 e. The van der Waals surface area contributed by atoms with E-state index in [1.165, 1.54) is 0 Å². The third-order valence-corrected chi connectivity index (χ3v) is 4.07.